The fourth-order valence-electron chi connectivity index (χ4n) is 2.88. The fourth-order valence-corrected chi connectivity index (χ4v) is 3.91. The normalized spacial score (nSPS) is 11.9. The Morgan fingerprint density at radius 2 is 1.83 bits per heavy atom. The van der Waals surface area contributed by atoms with Crippen LogP contribution in [0.5, 0.6) is 5.75 Å². The van der Waals surface area contributed by atoms with Crippen molar-refractivity contribution >= 4 is 34.0 Å². The lowest BCUT2D eigenvalue weighted by atomic mass is 10.1. The van der Waals surface area contributed by atoms with E-state index in [1.54, 1.807) is 18.2 Å². The molecule has 30 heavy (non-hydrogen) atoms. The molecule has 0 aliphatic carbocycles. The van der Waals surface area contributed by atoms with E-state index in [4.69, 9.17) is 16.3 Å². The van der Waals surface area contributed by atoms with Crippen molar-refractivity contribution in [2.75, 3.05) is 6.61 Å². The number of hydrogen-bond acceptors (Lipinski definition) is 6. The number of thiazole rings is 1. The summed E-state index contributed by atoms with van der Waals surface area (Å²) in [7, 11) is 0. The zero-order valence-corrected chi connectivity index (χ0v) is 17.7. The molecule has 0 bridgehead atoms. The maximum Gasteiger partial charge on any atom is 0.296 e. The van der Waals surface area contributed by atoms with Gasteiger partial charge in [0.1, 0.15) is 11.4 Å². The molecule has 0 N–H and O–H groups in total. The first-order valence-electron chi connectivity index (χ1n) is 9.45. The molecule has 6 nitrogen and oxygen atoms in total. The molecule has 0 amide bonds. The topological polar surface area (TPSA) is 73.6 Å². The van der Waals surface area contributed by atoms with Crippen molar-refractivity contribution in [2.24, 2.45) is 0 Å². The van der Waals surface area contributed by atoms with E-state index in [2.05, 4.69) is 10.1 Å². The van der Waals surface area contributed by atoms with E-state index >= 15 is 0 Å². The second kappa shape index (κ2) is 8.77. The van der Waals surface area contributed by atoms with Crippen molar-refractivity contribution in [3.63, 3.8) is 0 Å². The number of nitrogens with zero attached hydrogens (tertiary/aromatic N) is 3. The summed E-state index contributed by atoms with van der Waals surface area (Å²) >= 11 is 7.04. The number of hydrogen-bond donors (Lipinski definition) is 0. The van der Waals surface area contributed by atoms with Gasteiger partial charge in [0.25, 0.3) is 11.1 Å². The van der Waals surface area contributed by atoms with Gasteiger partial charge in [0.2, 0.25) is 4.96 Å². The van der Waals surface area contributed by atoms with Gasteiger partial charge in [-0.15, -0.1) is 0 Å². The van der Waals surface area contributed by atoms with Crippen LogP contribution >= 0.6 is 22.9 Å². The Kier molecular flexibility index (Phi) is 5.92. The zero-order valence-electron chi connectivity index (χ0n) is 16.2. The van der Waals surface area contributed by atoms with Crippen LogP contribution in [0.1, 0.15) is 30.2 Å². The summed E-state index contributed by atoms with van der Waals surface area (Å²) in [4.78, 5) is 29.5. The number of ether oxygens (including phenoxy) is 1. The van der Waals surface area contributed by atoms with Gasteiger partial charge in [-0.05, 0) is 47.9 Å². The molecular formula is C22H18ClN3O3S. The van der Waals surface area contributed by atoms with Crippen LogP contribution in [0.15, 0.2) is 58.1 Å². The number of aromatic nitrogens is 3. The molecule has 4 rings (SSSR count). The number of fused-ring (bicyclic) bond motifs is 1. The van der Waals surface area contributed by atoms with Crippen LogP contribution in [0, 0.1) is 0 Å². The van der Waals surface area contributed by atoms with Crippen LogP contribution in [0.4, 0.5) is 0 Å². The van der Waals surface area contributed by atoms with Gasteiger partial charge in [-0.3, -0.25) is 9.59 Å². The first kappa shape index (κ1) is 20.3. The standard InChI is InChI=1S/C22H18ClN3O3S/c1-2-11-29-17-9-5-15(6-10-17)13-19-21(28)26-22(30-19)24-20(27)18(25-26)12-14-3-7-16(23)8-4-14/h3-10,13H,2,11-12H2,1H3/b19-13-. The third-order valence-corrected chi connectivity index (χ3v) is 5.60. The molecule has 0 aliphatic heterocycles. The summed E-state index contributed by atoms with van der Waals surface area (Å²) in [5, 5.41) is 4.88. The Labute approximate surface area is 181 Å². The maximum atomic E-state index is 12.8. The number of benzene rings is 2. The Morgan fingerprint density at radius 3 is 2.53 bits per heavy atom. The molecule has 4 aromatic rings. The van der Waals surface area contributed by atoms with Gasteiger partial charge in [-0.1, -0.05) is 54.1 Å². The minimum absolute atomic E-state index is 0.216. The van der Waals surface area contributed by atoms with E-state index in [1.807, 2.05) is 43.3 Å². The lowest BCUT2D eigenvalue weighted by molar-refractivity contribution is 0.317. The van der Waals surface area contributed by atoms with E-state index in [9.17, 15) is 9.59 Å². The van der Waals surface area contributed by atoms with Crippen molar-refractivity contribution in [2.45, 2.75) is 19.8 Å². The van der Waals surface area contributed by atoms with Gasteiger partial charge in [0.15, 0.2) is 0 Å². The molecule has 2 aromatic carbocycles. The van der Waals surface area contributed by atoms with Gasteiger partial charge in [0, 0.05) is 11.4 Å². The molecule has 8 heteroatoms. The molecule has 0 fully saturated rings. The summed E-state index contributed by atoms with van der Waals surface area (Å²) in [5.74, 6) is 0.785. The maximum absolute atomic E-state index is 12.8. The first-order chi connectivity index (χ1) is 14.5. The quantitative estimate of drug-likeness (QED) is 0.461. The second-order valence-corrected chi connectivity index (χ2v) is 8.14. The van der Waals surface area contributed by atoms with Crippen LogP contribution in [0.2, 0.25) is 5.02 Å². The Hall–Kier alpha value is -3.03. The van der Waals surface area contributed by atoms with E-state index in [-0.39, 0.29) is 22.6 Å². The van der Waals surface area contributed by atoms with E-state index < -0.39 is 5.56 Å². The largest absolute Gasteiger partial charge is 0.494 e. The van der Waals surface area contributed by atoms with Gasteiger partial charge < -0.3 is 4.74 Å². The smallest absolute Gasteiger partial charge is 0.296 e. The summed E-state index contributed by atoms with van der Waals surface area (Å²) in [6.45, 7) is 2.71. The zero-order chi connectivity index (χ0) is 21.1. The van der Waals surface area contributed by atoms with Crippen LogP contribution < -0.4 is 20.4 Å². The molecule has 0 unspecified atom stereocenters. The monoisotopic (exact) mass is 439 g/mol. The fraction of sp³-hybridized carbons (Fsp3) is 0.182. The Bertz CT molecular complexity index is 1350. The van der Waals surface area contributed by atoms with Crippen molar-refractivity contribution in [1.29, 1.82) is 0 Å². The van der Waals surface area contributed by atoms with Crippen molar-refractivity contribution in [1.82, 2.24) is 14.6 Å². The number of halogens is 1. The van der Waals surface area contributed by atoms with Crippen molar-refractivity contribution in [3.05, 3.63) is 95.6 Å². The molecule has 0 atom stereocenters. The Morgan fingerprint density at radius 1 is 1.10 bits per heavy atom. The second-order valence-electron chi connectivity index (χ2n) is 6.69. The molecular weight excluding hydrogens is 422 g/mol. The summed E-state index contributed by atoms with van der Waals surface area (Å²) in [5.41, 5.74) is 1.20. The van der Waals surface area contributed by atoms with Crippen LogP contribution in [0.3, 0.4) is 0 Å². The average molecular weight is 440 g/mol. The van der Waals surface area contributed by atoms with Crippen LogP contribution in [0.25, 0.3) is 11.0 Å². The molecule has 152 valence electrons. The van der Waals surface area contributed by atoms with Crippen LogP contribution in [-0.2, 0) is 6.42 Å². The molecule has 0 saturated heterocycles. The van der Waals surface area contributed by atoms with Crippen LogP contribution in [-0.4, -0.2) is 21.2 Å². The Balaban J connectivity index is 1.68. The van der Waals surface area contributed by atoms with Crippen molar-refractivity contribution < 1.29 is 4.74 Å². The highest BCUT2D eigenvalue weighted by Crippen LogP contribution is 2.13. The third kappa shape index (κ3) is 4.42. The van der Waals surface area contributed by atoms with Gasteiger partial charge >= 0.3 is 0 Å². The minimum Gasteiger partial charge on any atom is -0.494 e. The highest BCUT2D eigenvalue weighted by atomic mass is 35.5. The number of rotatable bonds is 6. The van der Waals surface area contributed by atoms with E-state index in [1.165, 1.54) is 4.52 Å². The summed E-state index contributed by atoms with van der Waals surface area (Å²) in [6.07, 6.45) is 2.98. The van der Waals surface area contributed by atoms with Gasteiger partial charge in [-0.2, -0.15) is 14.6 Å². The predicted molar refractivity (Wildman–Crippen MR) is 119 cm³/mol. The minimum atomic E-state index is -0.435. The highest BCUT2D eigenvalue weighted by Gasteiger charge is 2.12. The average Bonchev–Trinajstić information content (AvgIpc) is 3.04. The summed E-state index contributed by atoms with van der Waals surface area (Å²) < 4.78 is 7.23. The molecule has 0 aliphatic rings. The van der Waals surface area contributed by atoms with Gasteiger partial charge in [-0.25, -0.2) is 0 Å². The highest BCUT2D eigenvalue weighted by molar-refractivity contribution is 7.15. The lowest BCUT2D eigenvalue weighted by Crippen LogP contribution is -2.28. The molecule has 2 aromatic heterocycles. The molecule has 0 spiro atoms. The SMILES string of the molecule is CCCOc1ccc(/C=c2\sc3nc(=O)c(Cc4ccc(Cl)cc4)nn3c2=O)cc1. The molecule has 0 saturated carbocycles. The van der Waals surface area contributed by atoms with E-state index in [0.29, 0.717) is 16.2 Å². The molecule has 2 heterocycles. The van der Waals surface area contributed by atoms with Gasteiger partial charge in [0.05, 0.1) is 11.1 Å². The van der Waals surface area contributed by atoms with E-state index in [0.717, 1.165) is 34.6 Å². The predicted octanol–water partition coefficient (Wildman–Crippen LogP) is 3.09. The summed E-state index contributed by atoms with van der Waals surface area (Å²) in [6, 6.07) is 14.6. The first-order valence-corrected chi connectivity index (χ1v) is 10.6. The third-order valence-electron chi connectivity index (χ3n) is 4.39. The van der Waals surface area contributed by atoms with Crippen molar-refractivity contribution in [3.8, 4) is 5.75 Å². The lowest BCUT2D eigenvalue weighted by Gasteiger charge is -2.03. The molecule has 0 radical (unpaired) electrons.